The molecule has 1 aliphatic heterocycles. The number of hydrogen-bond acceptors (Lipinski definition) is 3. The van der Waals surface area contributed by atoms with E-state index in [1.54, 1.807) is 4.90 Å². The summed E-state index contributed by atoms with van der Waals surface area (Å²) in [6.45, 7) is 12.2. The molecule has 0 atom stereocenters. The van der Waals surface area contributed by atoms with Crippen LogP contribution in [0.3, 0.4) is 0 Å². The molecule has 0 unspecified atom stereocenters. The standard InChI is InChI=1S/C22H30ClN3O2/c1-15(2)14-26-20(16-6-8-17(23)9-7-16)18-10-12-25(13-11-19(18)24-26)21(27)28-22(3,4)5/h6-9,15H,10-14H2,1-5H3. The number of ether oxygens (including phenoxy) is 1. The number of halogens is 1. The van der Waals surface area contributed by atoms with E-state index in [0.29, 0.717) is 19.0 Å². The summed E-state index contributed by atoms with van der Waals surface area (Å²) < 4.78 is 7.69. The lowest BCUT2D eigenvalue weighted by Crippen LogP contribution is -2.38. The molecule has 0 bridgehead atoms. The quantitative estimate of drug-likeness (QED) is 0.708. The van der Waals surface area contributed by atoms with Crippen LogP contribution < -0.4 is 0 Å². The maximum atomic E-state index is 12.5. The van der Waals surface area contributed by atoms with Crippen molar-refractivity contribution in [1.82, 2.24) is 14.7 Å². The van der Waals surface area contributed by atoms with Gasteiger partial charge in [0.1, 0.15) is 5.60 Å². The molecule has 0 spiro atoms. The van der Waals surface area contributed by atoms with Gasteiger partial charge in [-0.15, -0.1) is 0 Å². The summed E-state index contributed by atoms with van der Waals surface area (Å²) in [5.74, 6) is 0.493. The smallest absolute Gasteiger partial charge is 0.410 e. The first-order valence-corrected chi connectivity index (χ1v) is 10.3. The van der Waals surface area contributed by atoms with Crippen molar-refractivity contribution < 1.29 is 9.53 Å². The fraction of sp³-hybridized carbons (Fsp3) is 0.545. The second-order valence-electron chi connectivity index (χ2n) is 8.82. The highest BCUT2D eigenvalue weighted by molar-refractivity contribution is 6.30. The Kier molecular flexibility index (Phi) is 6.04. The average Bonchev–Trinajstić information content (AvgIpc) is 2.77. The van der Waals surface area contributed by atoms with E-state index in [0.717, 1.165) is 41.4 Å². The number of carbonyl (C=O) groups excluding carboxylic acids is 1. The minimum atomic E-state index is -0.488. The van der Waals surface area contributed by atoms with Crippen molar-refractivity contribution in [2.75, 3.05) is 13.1 Å². The topological polar surface area (TPSA) is 47.4 Å². The van der Waals surface area contributed by atoms with Crippen LogP contribution in [0.25, 0.3) is 11.3 Å². The Balaban J connectivity index is 1.90. The van der Waals surface area contributed by atoms with Crippen molar-refractivity contribution in [3.8, 4) is 11.3 Å². The SMILES string of the molecule is CC(C)Cn1nc2c(c1-c1ccc(Cl)cc1)CCN(C(=O)OC(C)(C)C)CC2. The average molecular weight is 404 g/mol. The molecule has 0 N–H and O–H groups in total. The number of hydrogen-bond donors (Lipinski definition) is 0. The van der Waals surface area contributed by atoms with Crippen LogP contribution in [0.2, 0.25) is 5.02 Å². The molecule has 28 heavy (non-hydrogen) atoms. The van der Waals surface area contributed by atoms with E-state index in [9.17, 15) is 4.79 Å². The van der Waals surface area contributed by atoms with Gasteiger partial charge in [0.25, 0.3) is 0 Å². The summed E-state index contributed by atoms with van der Waals surface area (Å²) in [6.07, 6.45) is 1.26. The number of benzene rings is 1. The highest BCUT2D eigenvalue weighted by atomic mass is 35.5. The normalized spacial score (nSPS) is 14.8. The van der Waals surface area contributed by atoms with Gasteiger partial charge in [0, 0.05) is 42.2 Å². The number of rotatable bonds is 3. The molecule has 0 fully saturated rings. The van der Waals surface area contributed by atoms with Gasteiger partial charge in [-0.1, -0.05) is 37.6 Å². The molecule has 5 nitrogen and oxygen atoms in total. The Bertz CT molecular complexity index is 835. The van der Waals surface area contributed by atoms with Crippen molar-refractivity contribution in [3.05, 3.63) is 40.5 Å². The van der Waals surface area contributed by atoms with Gasteiger partial charge in [-0.25, -0.2) is 4.79 Å². The molecule has 1 aromatic carbocycles. The molecule has 3 rings (SSSR count). The van der Waals surface area contributed by atoms with E-state index in [4.69, 9.17) is 21.4 Å². The molecule has 1 aliphatic rings. The van der Waals surface area contributed by atoms with Crippen molar-refractivity contribution in [2.24, 2.45) is 5.92 Å². The molecule has 0 aliphatic carbocycles. The molecule has 0 saturated heterocycles. The number of aromatic nitrogens is 2. The zero-order valence-electron chi connectivity index (χ0n) is 17.5. The lowest BCUT2D eigenvalue weighted by atomic mass is 10.0. The monoisotopic (exact) mass is 403 g/mol. The van der Waals surface area contributed by atoms with Crippen molar-refractivity contribution in [3.63, 3.8) is 0 Å². The molecule has 2 aromatic rings. The van der Waals surface area contributed by atoms with Crippen LogP contribution in [-0.4, -0.2) is 39.5 Å². The first kappa shape index (κ1) is 20.7. The summed E-state index contributed by atoms with van der Waals surface area (Å²) in [5, 5.41) is 5.65. The minimum Gasteiger partial charge on any atom is -0.444 e. The molecule has 1 amide bonds. The van der Waals surface area contributed by atoms with Gasteiger partial charge in [0.15, 0.2) is 0 Å². The molecule has 0 radical (unpaired) electrons. The molecule has 0 saturated carbocycles. The Morgan fingerprint density at radius 1 is 1.18 bits per heavy atom. The van der Waals surface area contributed by atoms with Crippen LogP contribution in [0.15, 0.2) is 24.3 Å². The van der Waals surface area contributed by atoms with Crippen LogP contribution in [0, 0.1) is 5.92 Å². The zero-order chi connectivity index (χ0) is 20.5. The predicted octanol–water partition coefficient (Wildman–Crippen LogP) is 5.20. The highest BCUT2D eigenvalue weighted by Gasteiger charge is 2.28. The van der Waals surface area contributed by atoms with Gasteiger partial charge < -0.3 is 9.64 Å². The third kappa shape index (κ3) is 4.88. The van der Waals surface area contributed by atoms with E-state index in [1.165, 1.54) is 5.56 Å². The van der Waals surface area contributed by atoms with E-state index < -0.39 is 5.60 Å². The fourth-order valence-electron chi connectivity index (χ4n) is 3.53. The molecular weight excluding hydrogens is 374 g/mol. The summed E-state index contributed by atoms with van der Waals surface area (Å²) in [5.41, 5.74) is 4.08. The first-order chi connectivity index (χ1) is 13.1. The number of amides is 1. The molecular formula is C22H30ClN3O2. The van der Waals surface area contributed by atoms with E-state index in [-0.39, 0.29) is 6.09 Å². The maximum Gasteiger partial charge on any atom is 0.410 e. The minimum absolute atomic E-state index is 0.249. The van der Waals surface area contributed by atoms with Gasteiger partial charge in [0.05, 0.1) is 11.4 Å². The second kappa shape index (κ2) is 8.16. The predicted molar refractivity (Wildman–Crippen MR) is 113 cm³/mol. The van der Waals surface area contributed by atoms with Gasteiger partial charge in [-0.05, 0) is 45.2 Å². The van der Waals surface area contributed by atoms with Crippen molar-refractivity contribution >= 4 is 17.7 Å². The highest BCUT2D eigenvalue weighted by Crippen LogP contribution is 2.31. The fourth-order valence-corrected chi connectivity index (χ4v) is 3.66. The second-order valence-corrected chi connectivity index (χ2v) is 9.26. The molecule has 6 heteroatoms. The largest absolute Gasteiger partial charge is 0.444 e. The molecule has 1 aromatic heterocycles. The number of carbonyl (C=O) groups is 1. The van der Waals surface area contributed by atoms with Crippen LogP contribution in [0.5, 0.6) is 0 Å². The third-order valence-electron chi connectivity index (χ3n) is 4.69. The Labute approximate surface area is 172 Å². The maximum absolute atomic E-state index is 12.5. The number of nitrogens with zero attached hydrogens (tertiary/aromatic N) is 3. The van der Waals surface area contributed by atoms with Crippen LogP contribution in [-0.2, 0) is 24.1 Å². The van der Waals surface area contributed by atoms with Gasteiger partial charge in [-0.2, -0.15) is 5.10 Å². The van der Waals surface area contributed by atoms with Gasteiger partial charge in [0.2, 0.25) is 0 Å². The summed E-state index contributed by atoms with van der Waals surface area (Å²) in [4.78, 5) is 14.3. The Hall–Kier alpha value is -2.01. The van der Waals surface area contributed by atoms with Crippen LogP contribution in [0.4, 0.5) is 4.79 Å². The zero-order valence-corrected chi connectivity index (χ0v) is 18.2. The lowest BCUT2D eigenvalue weighted by Gasteiger charge is -2.26. The first-order valence-electron chi connectivity index (χ1n) is 9.96. The van der Waals surface area contributed by atoms with Crippen molar-refractivity contribution in [1.29, 1.82) is 0 Å². The Morgan fingerprint density at radius 2 is 1.82 bits per heavy atom. The van der Waals surface area contributed by atoms with Gasteiger partial charge >= 0.3 is 6.09 Å². The van der Waals surface area contributed by atoms with E-state index in [2.05, 4.69) is 18.5 Å². The number of fused-ring (bicyclic) bond motifs is 1. The molecule has 152 valence electrons. The van der Waals surface area contributed by atoms with Gasteiger partial charge in [-0.3, -0.25) is 4.68 Å². The Morgan fingerprint density at radius 3 is 2.43 bits per heavy atom. The summed E-state index contributed by atoms with van der Waals surface area (Å²) >= 11 is 6.09. The summed E-state index contributed by atoms with van der Waals surface area (Å²) in [7, 11) is 0. The van der Waals surface area contributed by atoms with Crippen LogP contribution in [0.1, 0.15) is 45.9 Å². The third-order valence-corrected chi connectivity index (χ3v) is 4.94. The van der Waals surface area contributed by atoms with Crippen molar-refractivity contribution in [2.45, 2.75) is 59.6 Å². The lowest BCUT2D eigenvalue weighted by molar-refractivity contribution is 0.0258. The summed E-state index contributed by atoms with van der Waals surface area (Å²) in [6, 6.07) is 7.93. The van der Waals surface area contributed by atoms with E-state index >= 15 is 0 Å². The molecule has 2 heterocycles. The van der Waals surface area contributed by atoms with Crippen LogP contribution >= 0.6 is 11.6 Å². The van der Waals surface area contributed by atoms with E-state index in [1.807, 2.05) is 45.0 Å².